The maximum atomic E-state index is 13.7. The summed E-state index contributed by atoms with van der Waals surface area (Å²) < 4.78 is 70.8. The van der Waals surface area contributed by atoms with Crippen LogP contribution in [-0.2, 0) is 14.6 Å². The second-order valence-electron chi connectivity index (χ2n) is 8.36. The lowest BCUT2D eigenvalue weighted by Crippen LogP contribution is -2.35. The van der Waals surface area contributed by atoms with E-state index in [9.17, 15) is 21.6 Å². The highest BCUT2D eigenvalue weighted by atomic mass is 35.5. The zero-order chi connectivity index (χ0) is 22.3. The van der Waals surface area contributed by atoms with Crippen LogP contribution < -0.4 is 0 Å². The number of sulfone groups is 1. The van der Waals surface area contributed by atoms with Crippen molar-refractivity contribution in [2.45, 2.75) is 56.6 Å². The number of hydrogen-bond acceptors (Lipinski definition) is 4. The van der Waals surface area contributed by atoms with Crippen molar-refractivity contribution >= 4 is 21.4 Å². The number of aryl methyl sites for hydroxylation is 1. The molecule has 1 unspecified atom stereocenters. The number of ether oxygens (including phenoxy) is 1. The Bertz CT molecular complexity index is 1030. The van der Waals surface area contributed by atoms with E-state index < -0.39 is 33.1 Å². The minimum atomic E-state index is -3.57. The van der Waals surface area contributed by atoms with Gasteiger partial charge in [0.05, 0.1) is 17.3 Å². The van der Waals surface area contributed by atoms with Gasteiger partial charge in [0.1, 0.15) is 17.7 Å². The Morgan fingerprint density at radius 2 is 1.90 bits per heavy atom. The molecule has 1 aromatic heterocycles. The van der Waals surface area contributed by atoms with Crippen LogP contribution in [0.4, 0.5) is 13.2 Å². The zero-order valence-corrected chi connectivity index (χ0v) is 18.5. The van der Waals surface area contributed by atoms with E-state index in [2.05, 4.69) is 9.97 Å². The van der Waals surface area contributed by atoms with Gasteiger partial charge < -0.3 is 9.72 Å². The summed E-state index contributed by atoms with van der Waals surface area (Å²) in [5.74, 6) is -3.04. The van der Waals surface area contributed by atoms with E-state index in [0.717, 1.165) is 6.26 Å². The second-order valence-corrected chi connectivity index (χ2v) is 10.7. The van der Waals surface area contributed by atoms with Crippen molar-refractivity contribution in [3.05, 3.63) is 46.1 Å². The van der Waals surface area contributed by atoms with Crippen LogP contribution >= 0.6 is 11.6 Å². The van der Waals surface area contributed by atoms with Crippen LogP contribution in [0.2, 0.25) is 5.02 Å². The molecule has 1 aliphatic rings. The average Bonchev–Trinajstić information content (AvgIpc) is 3.03. The standard InChI is InChI=1S/C20H24ClF3N2O3S/c1-12-18(30(3,27)28)26-17(25-12)16(13-4-5-15(22)14(21)10-13)29-11-19(2)6-8-20(23,24)9-7-19/h4-5,10,16H,6-9,11H2,1-3H3,(H,25,26). The third-order valence-corrected chi connectivity index (χ3v) is 6.88. The van der Waals surface area contributed by atoms with Crippen LogP contribution in [0.1, 0.15) is 55.8 Å². The summed E-state index contributed by atoms with van der Waals surface area (Å²) in [6.07, 6.45) is 0.353. The smallest absolute Gasteiger partial charge is 0.248 e. The molecule has 30 heavy (non-hydrogen) atoms. The van der Waals surface area contributed by atoms with Crippen molar-refractivity contribution in [1.82, 2.24) is 9.97 Å². The van der Waals surface area contributed by atoms with Gasteiger partial charge in [-0.3, -0.25) is 0 Å². The maximum Gasteiger partial charge on any atom is 0.248 e. The quantitative estimate of drug-likeness (QED) is 0.635. The lowest BCUT2D eigenvalue weighted by atomic mass is 9.75. The van der Waals surface area contributed by atoms with E-state index in [-0.39, 0.29) is 35.3 Å². The molecule has 2 aromatic rings. The number of imidazole rings is 1. The van der Waals surface area contributed by atoms with Crippen LogP contribution in [0, 0.1) is 18.2 Å². The number of rotatable bonds is 6. The van der Waals surface area contributed by atoms with E-state index in [1.165, 1.54) is 18.2 Å². The Kier molecular flexibility index (Phi) is 6.28. The Morgan fingerprint density at radius 3 is 2.43 bits per heavy atom. The predicted molar refractivity (Wildman–Crippen MR) is 107 cm³/mol. The van der Waals surface area contributed by atoms with Crippen LogP contribution in [0.15, 0.2) is 23.2 Å². The molecule has 0 saturated heterocycles. The number of H-pyrrole nitrogens is 1. The van der Waals surface area contributed by atoms with Gasteiger partial charge in [-0.05, 0) is 42.9 Å². The lowest BCUT2D eigenvalue weighted by Gasteiger charge is -2.37. The number of aromatic nitrogens is 2. The SMILES string of the molecule is Cc1[nH]c(C(OCC2(C)CCC(F)(F)CC2)c2ccc(F)c(Cl)c2)nc1S(C)(=O)=O. The Balaban J connectivity index is 1.92. The van der Waals surface area contributed by atoms with Gasteiger partial charge in [-0.15, -0.1) is 0 Å². The van der Waals surface area contributed by atoms with Gasteiger partial charge in [-0.25, -0.2) is 26.6 Å². The van der Waals surface area contributed by atoms with Gasteiger partial charge in [0, 0.05) is 19.1 Å². The summed E-state index contributed by atoms with van der Waals surface area (Å²) in [6, 6.07) is 4.04. The zero-order valence-electron chi connectivity index (χ0n) is 16.9. The first kappa shape index (κ1) is 23.1. The van der Waals surface area contributed by atoms with Crippen molar-refractivity contribution < 1.29 is 26.3 Å². The molecule has 1 aliphatic carbocycles. The summed E-state index contributed by atoms with van der Waals surface area (Å²) in [7, 11) is -3.57. The maximum absolute atomic E-state index is 13.7. The monoisotopic (exact) mass is 464 g/mol. The molecule has 0 aliphatic heterocycles. The van der Waals surface area contributed by atoms with E-state index in [0.29, 0.717) is 24.1 Å². The summed E-state index contributed by atoms with van der Waals surface area (Å²) in [5, 5.41) is -0.223. The van der Waals surface area contributed by atoms with Crippen molar-refractivity contribution in [2.24, 2.45) is 5.41 Å². The minimum absolute atomic E-state index is 0.108. The Labute approximate surface area is 178 Å². The van der Waals surface area contributed by atoms with Gasteiger partial charge in [-0.2, -0.15) is 0 Å². The third kappa shape index (κ3) is 5.18. The molecular formula is C20H24ClF3N2O3S. The number of hydrogen-bond donors (Lipinski definition) is 1. The van der Waals surface area contributed by atoms with Crippen LogP contribution in [0.25, 0.3) is 0 Å². The Morgan fingerprint density at radius 1 is 1.27 bits per heavy atom. The normalized spacial score (nSPS) is 19.6. The van der Waals surface area contributed by atoms with Crippen molar-refractivity contribution in [1.29, 1.82) is 0 Å². The highest BCUT2D eigenvalue weighted by Crippen LogP contribution is 2.44. The predicted octanol–water partition coefficient (Wildman–Crippen LogP) is 5.24. The van der Waals surface area contributed by atoms with E-state index in [4.69, 9.17) is 16.3 Å². The first-order valence-corrected chi connectivity index (χ1v) is 11.8. The molecule has 10 heteroatoms. The lowest BCUT2D eigenvalue weighted by molar-refractivity contribution is -0.0881. The van der Waals surface area contributed by atoms with Crippen LogP contribution in [0.3, 0.4) is 0 Å². The highest BCUT2D eigenvalue weighted by Gasteiger charge is 2.41. The molecule has 0 amide bonds. The second kappa shape index (κ2) is 8.16. The summed E-state index contributed by atoms with van der Waals surface area (Å²) in [4.78, 5) is 7.12. The number of halogens is 4. The summed E-state index contributed by atoms with van der Waals surface area (Å²) in [5.41, 5.74) is 0.350. The molecule has 0 bridgehead atoms. The fraction of sp³-hybridized carbons (Fsp3) is 0.550. The molecule has 0 radical (unpaired) electrons. The molecular weight excluding hydrogens is 441 g/mol. The fourth-order valence-electron chi connectivity index (χ4n) is 3.61. The molecule has 0 spiro atoms. The number of benzene rings is 1. The molecule has 1 aromatic carbocycles. The molecule has 1 heterocycles. The van der Waals surface area contributed by atoms with Gasteiger partial charge in [-0.1, -0.05) is 24.6 Å². The number of alkyl halides is 2. The Hall–Kier alpha value is -1.58. The third-order valence-electron chi connectivity index (χ3n) is 5.49. The molecule has 5 nitrogen and oxygen atoms in total. The molecule has 1 saturated carbocycles. The van der Waals surface area contributed by atoms with Gasteiger partial charge >= 0.3 is 0 Å². The molecule has 1 atom stereocenters. The number of nitrogens with zero attached hydrogens (tertiary/aromatic N) is 1. The van der Waals surface area contributed by atoms with Crippen molar-refractivity contribution in [3.8, 4) is 0 Å². The van der Waals surface area contributed by atoms with Crippen molar-refractivity contribution in [2.75, 3.05) is 12.9 Å². The average molecular weight is 465 g/mol. The molecule has 3 rings (SSSR count). The summed E-state index contributed by atoms with van der Waals surface area (Å²) >= 11 is 5.92. The van der Waals surface area contributed by atoms with E-state index >= 15 is 0 Å². The topological polar surface area (TPSA) is 72.0 Å². The number of aromatic amines is 1. The number of nitrogens with one attached hydrogen (secondary N) is 1. The van der Waals surface area contributed by atoms with Gasteiger partial charge in [0.15, 0.2) is 14.9 Å². The van der Waals surface area contributed by atoms with Crippen molar-refractivity contribution in [3.63, 3.8) is 0 Å². The molecule has 1 fully saturated rings. The summed E-state index contributed by atoms with van der Waals surface area (Å²) in [6.45, 7) is 3.61. The largest absolute Gasteiger partial charge is 0.365 e. The van der Waals surface area contributed by atoms with Gasteiger partial charge in [0.25, 0.3) is 0 Å². The minimum Gasteiger partial charge on any atom is -0.365 e. The van der Waals surface area contributed by atoms with E-state index in [1.807, 2.05) is 6.92 Å². The molecule has 1 N–H and O–H groups in total. The van der Waals surface area contributed by atoms with Crippen LogP contribution in [-0.4, -0.2) is 37.2 Å². The highest BCUT2D eigenvalue weighted by molar-refractivity contribution is 7.90. The molecule has 166 valence electrons. The van der Waals surface area contributed by atoms with E-state index in [1.54, 1.807) is 6.92 Å². The first-order valence-electron chi connectivity index (χ1n) is 9.51. The fourth-order valence-corrected chi connectivity index (χ4v) is 4.67. The van der Waals surface area contributed by atoms with Crippen LogP contribution in [0.5, 0.6) is 0 Å². The van der Waals surface area contributed by atoms with Gasteiger partial charge in [0.2, 0.25) is 5.92 Å². The first-order chi connectivity index (χ1) is 13.8.